The number of halogens is 1. The predicted octanol–water partition coefficient (Wildman–Crippen LogP) is 6.66. The summed E-state index contributed by atoms with van der Waals surface area (Å²) in [6.07, 6.45) is 2.29. The van der Waals surface area contributed by atoms with Crippen molar-refractivity contribution < 1.29 is 4.39 Å². The van der Waals surface area contributed by atoms with Crippen molar-refractivity contribution in [1.29, 1.82) is 0 Å². The van der Waals surface area contributed by atoms with Crippen molar-refractivity contribution >= 4 is 13.3 Å². The van der Waals surface area contributed by atoms with Gasteiger partial charge in [0.1, 0.15) is 5.82 Å². The summed E-state index contributed by atoms with van der Waals surface area (Å²) in [7, 11) is -1.64. The molecule has 0 aliphatic rings. The van der Waals surface area contributed by atoms with Crippen molar-refractivity contribution in [2.24, 2.45) is 0 Å². The molecule has 0 aliphatic carbocycles. The maximum Gasteiger partial charge on any atom is 0.123 e. The molecule has 0 fully saturated rings. The number of hydrogen-bond acceptors (Lipinski definition) is 0. The summed E-state index contributed by atoms with van der Waals surface area (Å²) in [4.78, 5) is 0. The molecule has 26 heavy (non-hydrogen) atoms. The number of hydrogen-bond donors (Lipinski definition) is 0. The van der Waals surface area contributed by atoms with Crippen molar-refractivity contribution in [3.8, 4) is 22.3 Å². The largest absolute Gasteiger partial charge is 0.207 e. The van der Waals surface area contributed by atoms with Gasteiger partial charge in [-0.05, 0) is 45.5 Å². The normalized spacial score (nSPS) is 11.6. The molecule has 0 saturated carbocycles. The van der Waals surface area contributed by atoms with E-state index in [0.29, 0.717) is 0 Å². The van der Waals surface area contributed by atoms with Gasteiger partial charge in [-0.3, -0.25) is 0 Å². The highest BCUT2D eigenvalue weighted by atomic mass is 28.3. The molecule has 0 saturated heterocycles. The van der Waals surface area contributed by atoms with Gasteiger partial charge in [0, 0.05) is 0 Å². The fraction of sp³-hybridized carbons (Fsp3) is 0.250. The zero-order valence-corrected chi connectivity index (χ0v) is 17.1. The first-order valence-corrected chi connectivity index (χ1v) is 12.9. The molecule has 0 spiro atoms. The van der Waals surface area contributed by atoms with E-state index in [0.717, 1.165) is 22.7 Å². The molecule has 0 radical (unpaired) electrons. The lowest BCUT2D eigenvalue weighted by Gasteiger charge is -2.18. The van der Waals surface area contributed by atoms with Crippen molar-refractivity contribution in [1.82, 2.24) is 0 Å². The quantitative estimate of drug-likeness (QED) is 0.445. The van der Waals surface area contributed by atoms with Crippen LogP contribution in [0.1, 0.15) is 18.9 Å². The Morgan fingerprint density at radius 1 is 0.692 bits per heavy atom. The fourth-order valence-corrected chi connectivity index (χ4v) is 4.68. The van der Waals surface area contributed by atoms with Gasteiger partial charge in [0.15, 0.2) is 0 Å². The SMILES string of the molecule is CCCc1ccc(-c2ccc(-c3ccc([Si](C)(C)C)c(F)c3)cc2)cc1. The average Bonchev–Trinajstić information content (AvgIpc) is 2.62. The lowest BCUT2D eigenvalue weighted by Crippen LogP contribution is -2.39. The Morgan fingerprint density at radius 3 is 1.62 bits per heavy atom. The molecule has 0 atom stereocenters. The zero-order valence-electron chi connectivity index (χ0n) is 16.1. The minimum absolute atomic E-state index is 0.0720. The Morgan fingerprint density at radius 2 is 1.15 bits per heavy atom. The summed E-state index contributed by atoms with van der Waals surface area (Å²) in [6.45, 7) is 8.72. The fourth-order valence-electron chi connectivity index (χ4n) is 3.31. The van der Waals surface area contributed by atoms with Gasteiger partial charge in [-0.2, -0.15) is 0 Å². The van der Waals surface area contributed by atoms with Crippen LogP contribution >= 0.6 is 0 Å². The lowest BCUT2D eigenvalue weighted by atomic mass is 9.99. The van der Waals surface area contributed by atoms with Gasteiger partial charge in [0.25, 0.3) is 0 Å². The van der Waals surface area contributed by atoms with Crippen LogP contribution in [0.4, 0.5) is 4.39 Å². The smallest absolute Gasteiger partial charge is 0.123 e. The zero-order chi connectivity index (χ0) is 18.7. The molecule has 3 rings (SSSR count). The van der Waals surface area contributed by atoms with Gasteiger partial charge in [-0.1, -0.05) is 93.6 Å². The summed E-state index contributed by atoms with van der Waals surface area (Å²) in [5, 5.41) is 0.894. The Hall–Kier alpha value is -2.19. The van der Waals surface area contributed by atoms with Gasteiger partial charge < -0.3 is 0 Å². The molecular formula is C24H27FSi. The molecule has 3 aromatic carbocycles. The lowest BCUT2D eigenvalue weighted by molar-refractivity contribution is 0.635. The summed E-state index contributed by atoms with van der Waals surface area (Å²) in [5.74, 6) is -0.0720. The van der Waals surface area contributed by atoms with E-state index in [2.05, 4.69) is 75.1 Å². The molecule has 2 heteroatoms. The van der Waals surface area contributed by atoms with Gasteiger partial charge in [0.05, 0.1) is 8.07 Å². The molecule has 0 bridgehead atoms. The van der Waals surface area contributed by atoms with Crippen LogP contribution in [0.3, 0.4) is 0 Å². The molecule has 0 N–H and O–H groups in total. The van der Waals surface area contributed by atoms with Gasteiger partial charge in [-0.15, -0.1) is 0 Å². The summed E-state index contributed by atoms with van der Waals surface area (Å²) >= 11 is 0. The first kappa shape index (κ1) is 18.6. The number of benzene rings is 3. The van der Waals surface area contributed by atoms with Crippen LogP contribution in [0.15, 0.2) is 66.7 Å². The maximum absolute atomic E-state index is 14.5. The van der Waals surface area contributed by atoms with Crippen LogP contribution in [0.25, 0.3) is 22.3 Å². The van der Waals surface area contributed by atoms with E-state index in [-0.39, 0.29) is 5.82 Å². The molecule has 134 valence electrons. The van der Waals surface area contributed by atoms with E-state index in [9.17, 15) is 4.39 Å². The van der Waals surface area contributed by atoms with Gasteiger partial charge in [0.2, 0.25) is 0 Å². The third-order valence-electron chi connectivity index (χ3n) is 4.82. The van der Waals surface area contributed by atoms with Crippen molar-refractivity contribution in [3.05, 3.63) is 78.1 Å². The number of rotatable bonds is 5. The van der Waals surface area contributed by atoms with E-state index >= 15 is 0 Å². The van der Waals surface area contributed by atoms with Crippen molar-refractivity contribution in [3.63, 3.8) is 0 Å². The standard InChI is InChI=1S/C24H27FSi/c1-5-6-18-7-9-19(10-8-18)20-11-13-21(14-12-20)22-15-16-24(23(25)17-22)26(2,3)4/h7-17H,5-6H2,1-4H3. The molecule has 3 aromatic rings. The second-order valence-electron chi connectivity index (χ2n) is 7.97. The first-order chi connectivity index (χ1) is 12.4. The Kier molecular flexibility index (Phi) is 5.43. The molecule has 0 aliphatic heterocycles. The van der Waals surface area contributed by atoms with Gasteiger partial charge >= 0.3 is 0 Å². The molecular weight excluding hydrogens is 335 g/mol. The highest BCUT2D eigenvalue weighted by Crippen LogP contribution is 2.26. The average molecular weight is 363 g/mol. The Bertz CT molecular complexity index is 872. The van der Waals surface area contributed by atoms with Crippen LogP contribution in [0.2, 0.25) is 19.6 Å². The topological polar surface area (TPSA) is 0 Å². The van der Waals surface area contributed by atoms with E-state index in [1.807, 2.05) is 12.1 Å². The molecule has 0 aromatic heterocycles. The summed E-state index contributed by atoms with van der Waals surface area (Å²) in [6, 6.07) is 22.9. The van der Waals surface area contributed by atoms with E-state index in [1.165, 1.54) is 23.1 Å². The van der Waals surface area contributed by atoms with E-state index < -0.39 is 8.07 Å². The molecule has 0 amide bonds. The second kappa shape index (κ2) is 7.59. The second-order valence-corrected chi connectivity index (χ2v) is 13.0. The minimum Gasteiger partial charge on any atom is -0.207 e. The van der Waals surface area contributed by atoms with Crippen molar-refractivity contribution in [2.75, 3.05) is 0 Å². The predicted molar refractivity (Wildman–Crippen MR) is 114 cm³/mol. The Labute approximate surface area is 157 Å². The van der Waals surface area contributed by atoms with Crippen LogP contribution < -0.4 is 5.19 Å². The monoisotopic (exact) mass is 362 g/mol. The molecule has 0 nitrogen and oxygen atoms in total. The van der Waals surface area contributed by atoms with Crippen LogP contribution in [0.5, 0.6) is 0 Å². The minimum atomic E-state index is -1.64. The van der Waals surface area contributed by atoms with Crippen LogP contribution in [0, 0.1) is 5.82 Å². The maximum atomic E-state index is 14.5. The third kappa shape index (κ3) is 4.13. The van der Waals surface area contributed by atoms with Crippen LogP contribution in [-0.4, -0.2) is 8.07 Å². The molecule has 0 heterocycles. The van der Waals surface area contributed by atoms with Gasteiger partial charge in [-0.25, -0.2) is 4.39 Å². The van der Waals surface area contributed by atoms with E-state index in [4.69, 9.17) is 0 Å². The number of aryl methyl sites for hydroxylation is 1. The Balaban J connectivity index is 1.84. The highest BCUT2D eigenvalue weighted by molar-refractivity contribution is 6.88. The highest BCUT2D eigenvalue weighted by Gasteiger charge is 2.20. The summed E-state index contributed by atoms with van der Waals surface area (Å²) in [5.41, 5.74) is 5.78. The van der Waals surface area contributed by atoms with Crippen molar-refractivity contribution in [2.45, 2.75) is 39.4 Å². The first-order valence-electron chi connectivity index (χ1n) is 9.38. The summed E-state index contributed by atoms with van der Waals surface area (Å²) < 4.78 is 14.5. The van der Waals surface area contributed by atoms with E-state index in [1.54, 1.807) is 6.07 Å². The molecule has 0 unspecified atom stereocenters. The third-order valence-corrected chi connectivity index (χ3v) is 6.84. The van der Waals surface area contributed by atoms with Crippen LogP contribution in [-0.2, 0) is 6.42 Å².